The molecular formula is C20H14BrF2N3O2. The van der Waals surface area contributed by atoms with E-state index in [1.54, 1.807) is 18.3 Å². The van der Waals surface area contributed by atoms with Crippen LogP contribution in [-0.4, -0.2) is 19.3 Å². The van der Waals surface area contributed by atoms with Gasteiger partial charge < -0.3 is 9.67 Å². The third kappa shape index (κ3) is 3.25. The lowest BCUT2D eigenvalue weighted by Gasteiger charge is -2.08. The molecule has 4 rings (SSSR count). The number of rotatable bonds is 4. The van der Waals surface area contributed by atoms with E-state index in [0.717, 1.165) is 0 Å². The van der Waals surface area contributed by atoms with E-state index in [1.165, 1.54) is 45.6 Å². The predicted molar refractivity (Wildman–Crippen MR) is 104 cm³/mol. The van der Waals surface area contributed by atoms with Crippen molar-refractivity contribution >= 4 is 21.4 Å². The molecule has 0 saturated carbocycles. The number of benzene rings is 2. The van der Waals surface area contributed by atoms with Gasteiger partial charge in [-0.2, -0.15) is 5.10 Å². The monoisotopic (exact) mass is 445 g/mol. The molecule has 2 aromatic carbocycles. The molecule has 2 aromatic heterocycles. The molecule has 0 aliphatic carbocycles. The van der Waals surface area contributed by atoms with Crippen molar-refractivity contribution in [2.45, 2.75) is 13.2 Å². The molecule has 0 spiro atoms. The Kier molecular flexibility index (Phi) is 4.82. The predicted octanol–water partition coefficient (Wildman–Crippen LogP) is 3.74. The van der Waals surface area contributed by atoms with Crippen LogP contribution in [0.2, 0.25) is 0 Å². The second-order valence-electron chi connectivity index (χ2n) is 6.25. The summed E-state index contributed by atoms with van der Waals surface area (Å²) in [5.41, 5.74) is 1.46. The van der Waals surface area contributed by atoms with Gasteiger partial charge in [0.05, 0.1) is 18.8 Å². The van der Waals surface area contributed by atoms with Crippen molar-refractivity contribution in [2.24, 2.45) is 0 Å². The normalized spacial score (nSPS) is 11.3. The van der Waals surface area contributed by atoms with E-state index in [2.05, 4.69) is 21.0 Å². The summed E-state index contributed by atoms with van der Waals surface area (Å²) in [6.45, 7) is -0.377. The first kappa shape index (κ1) is 18.5. The fourth-order valence-electron chi connectivity index (χ4n) is 3.10. The van der Waals surface area contributed by atoms with Gasteiger partial charge in [-0.3, -0.25) is 4.79 Å². The first-order valence-electron chi connectivity index (χ1n) is 8.39. The highest BCUT2D eigenvalue weighted by Gasteiger charge is 2.18. The van der Waals surface area contributed by atoms with Crippen LogP contribution < -0.4 is 5.56 Å². The van der Waals surface area contributed by atoms with Gasteiger partial charge in [-0.05, 0) is 36.4 Å². The molecule has 0 atom stereocenters. The van der Waals surface area contributed by atoms with E-state index in [9.17, 15) is 18.7 Å². The maximum atomic E-state index is 14.2. The van der Waals surface area contributed by atoms with Crippen LogP contribution in [0.5, 0.6) is 0 Å². The zero-order valence-electron chi connectivity index (χ0n) is 14.4. The van der Waals surface area contributed by atoms with Crippen molar-refractivity contribution in [2.75, 3.05) is 0 Å². The summed E-state index contributed by atoms with van der Waals surface area (Å²) in [4.78, 5) is 13.0. The van der Waals surface area contributed by atoms with Crippen LogP contribution in [0.25, 0.3) is 16.8 Å². The first-order chi connectivity index (χ1) is 13.5. The molecule has 0 saturated heterocycles. The van der Waals surface area contributed by atoms with Gasteiger partial charge >= 0.3 is 0 Å². The second kappa shape index (κ2) is 7.29. The topological polar surface area (TPSA) is 59.5 Å². The third-order valence-corrected chi connectivity index (χ3v) is 4.98. The second-order valence-corrected chi connectivity index (χ2v) is 7.17. The summed E-state index contributed by atoms with van der Waals surface area (Å²) < 4.78 is 30.7. The molecule has 8 heteroatoms. The molecule has 1 N–H and O–H groups in total. The lowest BCUT2D eigenvalue weighted by Crippen LogP contribution is -2.23. The van der Waals surface area contributed by atoms with Crippen LogP contribution in [0, 0.1) is 11.6 Å². The minimum atomic E-state index is -0.427. The lowest BCUT2D eigenvalue weighted by molar-refractivity contribution is 0.283. The maximum Gasteiger partial charge on any atom is 0.277 e. The number of nitrogens with zero attached hydrogens (tertiary/aromatic N) is 3. The summed E-state index contributed by atoms with van der Waals surface area (Å²) in [6.07, 6.45) is 3.08. The Morgan fingerprint density at radius 2 is 1.82 bits per heavy atom. The van der Waals surface area contributed by atoms with Crippen LogP contribution in [0.15, 0.2) is 64.1 Å². The zero-order chi connectivity index (χ0) is 19.8. The van der Waals surface area contributed by atoms with Crippen molar-refractivity contribution in [1.29, 1.82) is 0 Å². The number of aromatic nitrogens is 3. The minimum absolute atomic E-state index is 0.0381. The maximum absolute atomic E-state index is 14.2. The SMILES string of the molecule is O=c1c2c(CO)c(-c3ccc(F)cc3)nn2ccn1Cc1ccc(Br)cc1F. The van der Waals surface area contributed by atoms with Crippen molar-refractivity contribution in [1.82, 2.24) is 14.2 Å². The highest BCUT2D eigenvalue weighted by atomic mass is 79.9. The van der Waals surface area contributed by atoms with E-state index < -0.39 is 23.8 Å². The molecule has 142 valence electrons. The van der Waals surface area contributed by atoms with Gasteiger partial charge in [0.2, 0.25) is 0 Å². The number of aliphatic hydroxyl groups excluding tert-OH is 1. The van der Waals surface area contributed by atoms with Crippen LogP contribution >= 0.6 is 15.9 Å². The highest BCUT2D eigenvalue weighted by molar-refractivity contribution is 9.10. The van der Waals surface area contributed by atoms with Crippen molar-refractivity contribution < 1.29 is 13.9 Å². The quantitative estimate of drug-likeness (QED) is 0.520. The van der Waals surface area contributed by atoms with Gasteiger partial charge in [0, 0.05) is 33.6 Å². The molecule has 0 fully saturated rings. The minimum Gasteiger partial charge on any atom is -0.392 e. The standard InChI is InChI=1S/C20H14BrF2N3O2/c21-14-4-1-13(17(23)9-14)10-25-7-8-26-19(20(25)28)16(11-27)18(24-26)12-2-5-15(22)6-3-12/h1-9,27H,10-11H2. The van der Waals surface area contributed by atoms with Crippen molar-refractivity contribution in [3.63, 3.8) is 0 Å². The average molecular weight is 446 g/mol. The van der Waals surface area contributed by atoms with E-state index in [1.807, 2.05) is 0 Å². The average Bonchev–Trinajstić information content (AvgIpc) is 3.06. The van der Waals surface area contributed by atoms with Gasteiger partial charge in [-0.1, -0.05) is 22.0 Å². The Balaban J connectivity index is 1.84. The Hall–Kier alpha value is -2.84. The number of hydrogen-bond acceptors (Lipinski definition) is 3. The molecule has 0 amide bonds. The number of halogens is 3. The molecule has 4 aromatic rings. The van der Waals surface area contributed by atoms with Crippen LogP contribution in [0.1, 0.15) is 11.1 Å². The largest absolute Gasteiger partial charge is 0.392 e. The van der Waals surface area contributed by atoms with Gasteiger partial charge in [0.25, 0.3) is 5.56 Å². The molecule has 0 aliphatic heterocycles. The molecule has 2 heterocycles. The van der Waals surface area contributed by atoms with Crippen LogP contribution in [0.4, 0.5) is 8.78 Å². The summed E-state index contributed by atoms with van der Waals surface area (Å²) in [7, 11) is 0. The fourth-order valence-corrected chi connectivity index (χ4v) is 3.43. The molecule has 0 unspecified atom stereocenters. The van der Waals surface area contributed by atoms with E-state index in [4.69, 9.17) is 0 Å². The summed E-state index contributed by atoms with van der Waals surface area (Å²) in [5.74, 6) is -0.819. The highest BCUT2D eigenvalue weighted by Crippen LogP contribution is 2.25. The lowest BCUT2D eigenvalue weighted by atomic mass is 10.1. The zero-order valence-corrected chi connectivity index (χ0v) is 16.0. The third-order valence-electron chi connectivity index (χ3n) is 4.49. The Labute approximate surface area is 166 Å². The number of aliphatic hydroxyl groups is 1. The van der Waals surface area contributed by atoms with Crippen molar-refractivity contribution in [3.8, 4) is 11.3 Å². The first-order valence-corrected chi connectivity index (χ1v) is 9.18. The Morgan fingerprint density at radius 1 is 1.07 bits per heavy atom. The van der Waals surface area contributed by atoms with Gasteiger partial charge in [-0.25, -0.2) is 13.3 Å². The fraction of sp³-hybridized carbons (Fsp3) is 0.100. The summed E-state index contributed by atoms with van der Waals surface area (Å²) in [6, 6.07) is 10.3. The van der Waals surface area contributed by atoms with Crippen molar-refractivity contribution in [3.05, 3.63) is 92.4 Å². The van der Waals surface area contributed by atoms with E-state index in [-0.39, 0.29) is 12.1 Å². The molecule has 28 heavy (non-hydrogen) atoms. The molecule has 0 bridgehead atoms. The van der Waals surface area contributed by atoms with Gasteiger partial charge in [0.15, 0.2) is 0 Å². The van der Waals surface area contributed by atoms with Gasteiger partial charge in [-0.15, -0.1) is 0 Å². The van der Waals surface area contributed by atoms with Crippen LogP contribution in [0.3, 0.4) is 0 Å². The summed E-state index contributed by atoms with van der Waals surface area (Å²) in [5, 5.41) is 14.2. The number of hydrogen-bond donors (Lipinski definition) is 1. The summed E-state index contributed by atoms with van der Waals surface area (Å²) >= 11 is 3.21. The van der Waals surface area contributed by atoms with Gasteiger partial charge in [0.1, 0.15) is 17.2 Å². The molecular weight excluding hydrogens is 432 g/mol. The number of fused-ring (bicyclic) bond motifs is 1. The smallest absolute Gasteiger partial charge is 0.277 e. The van der Waals surface area contributed by atoms with E-state index in [0.29, 0.717) is 26.9 Å². The molecule has 0 radical (unpaired) electrons. The molecule has 5 nitrogen and oxygen atoms in total. The Morgan fingerprint density at radius 3 is 2.50 bits per heavy atom. The Bertz CT molecular complexity index is 1230. The van der Waals surface area contributed by atoms with Crippen LogP contribution in [-0.2, 0) is 13.2 Å². The van der Waals surface area contributed by atoms with E-state index >= 15 is 0 Å². The molecule has 0 aliphatic rings.